The number of rotatable bonds is 7. The molecule has 0 atom stereocenters. The van der Waals surface area contributed by atoms with Gasteiger partial charge in [0.25, 0.3) is 0 Å². The average molecular weight is 276 g/mol. The van der Waals surface area contributed by atoms with Gasteiger partial charge in [0.05, 0.1) is 16.9 Å². The van der Waals surface area contributed by atoms with Crippen LogP contribution in [0.4, 0.5) is 24.5 Å². The average Bonchev–Trinajstić information content (AvgIpc) is 2.34. The molecule has 0 radical (unpaired) electrons. The molecule has 1 aromatic carbocycles. The Kier molecular flexibility index (Phi) is 5.95. The fourth-order valence-corrected chi connectivity index (χ4v) is 1.71. The molecule has 6 heteroatoms. The Labute approximate surface area is 110 Å². The summed E-state index contributed by atoms with van der Waals surface area (Å²) >= 11 is 0. The number of nitrogen functional groups attached to an aromatic ring is 1. The highest BCUT2D eigenvalue weighted by atomic mass is 19.4. The monoisotopic (exact) mass is 276 g/mol. The molecule has 0 heterocycles. The van der Waals surface area contributed by atoms with E-state index in [-0.39, 0.29) is 12.3 Å². The smallest absolute Gasteiger partial charge is 0.397 e. The van der Waals surface area contributed by atoms with Crippen molar-refractivity contribution in [3.63, 3.8) is 0 Å². The molecule has 0 aliphatic heterocycles. The van der Waals surface area contributed by atoms with Crippen LogP contribution in [0.25, 0.3) is 0 Å². The summed E-state index contributed by atoms with van der Waals surface area (Å²) in [6.45, 7) is 0.847. The van der Waals surface area contributed by atoms with E-state index in [0.717, 1.165) is 37.8 Å². The van der Waals surface area contributed by atoms with E-state index in [4.69, 9.17) is 10.8 Å². The summed E-state index contributed by atoms with van der Waals surface area (Å²) in [6, 6.07) is 3.31. The standard InChI is InChI=1S/C13H19F3N2O/c14-13(15,16)10-5-6-12(11(17)9-10)18-7-3-1-2-4-8-19/h5-6,9,18-19H,1-4,7-8,17H2. The summed E-state index contributed by atoms with van der Waals surface area (Å²) < 4.78 is 37.3. The lowest BCUT2D eigenvalue weighted by Gasteiger charge is -2.12. The van der Waals surface area contributed by atoms with E-state index < -0.39 is 11.7 Å². The molecule has 0 fully saturated rings. The third kappa shape index (κ3) is 5.38. The number of nitrogens with one attached hydrogen (secondary N) is 1. The van der Waals surface area contributed by atoms with Gasteiger partial charge in [-0.25, -0.2) is 0 Å². The molecule has 0 saturated heterocycles. The predicted octanol–water partition coefficient (Wildman–Crippen LogP) is 3.25. The Balaban J connectivity index is 2.43. The van der Waals surface area contributed by atoms with Crippen LogP contribution in [0.15, 0.2) is 18.2 Å². The molecule has 0 aliphatic carbocycles. The van der Waals surface area contributed by atoms with E-state index in [9.17, 15) is 13.2 Å². The van der Waals surface area contributed by atoms with Crippen molar-refractivity contribution in [2.24, 2.45) is 0 Å². The molecule has 0 aliphatic rings. The molecular weight excluding hydrogens is 257 g/mol. The largest absolute Gasteiger partial charge is 0.416 e. The van der Waals surface area contributed by atoms with Crippen LogP contribution in [0.5, 0.6) is 0 Å². The van der Waals surface area contributed by atoms with Crippen molar-refractivity contribution in [1.29, 1.82) is 0 Å². The van der Waals surface area contributed by atoms with Crippen LogP contribution in [-0.2, 0) is 6.18 Å². The lowest BCUT2D eigenvalue weighted by atomic mass is 10.1. The molecule has 0 aromatic heterocycles. The van der Waals surface area contributed by atoms with E-state index >= 15 is 0 Å². The molecule has 0 saturated carbocycles. The normalized spacial score (nSPS) is 11.6. The number of aliphatic hydroxyl groups is 1. The van der Waals surface area contributed by atoms with Crippen molar-refractivity contribution < 1.29 is 18.3 Å². The Morgan fingerprint density at radius 3 is 2.37 bits per heavy atom. The number of anilines is 2. The molecule has 0 amide bonds. The Hall–Kier alpha value is -1.43. The van der Waals surface area contributed by atoms with Gasteiger partial charge in [0, 0.05) is 13.2 Å². The summed E-state index contributed by atoms with van der Waals surface area (Å²) in [5.74, 6) is 0. The van der Waals surface area contributed by atoms with Crippen molar-refractivity contribution in [2.45, 2.75) is 31.9 Å². The lowest BCUT2D eigenvalue weighted by molar-refractivity contribution is -0.137. The molecule has 108 valence electrons. The van der Waals surface area contributed by atoms with Gasteiger partial charge in [-0.3, -0.25) is 0 Å². The maximum Gasteiger partial charge on any atom is 0.416 e. The third-order valence-electron chi connectivity index (χ3n) is 2.78. The van der Waals surface area contributed by atoms with Crippen molar-refractivity contribution in [3.05, 3.63) is 23.8 Å². The summed E-state index contributed by atoms with van der Waals surface area (Å²) in [5.41, 5.74) is 5.47. The quantitative estimate of drug-likeness (QED) is 0.529. The zero-order chi connectivity index (χ0) is 14.3. The highest BCUT2D eigenvalue weighted by Gasteiger charge is 2.30. The Morgan fingerprint density at radius 1 is 1.11 bits per heavy atom. The van der Waals surface area contributed by atoms with E-state index in [1.807, 2.05) is 0 Å². The van der Waals surface area contributed by atoms with E-state index in [0.29, 0.717) is 12.2 Å². The number of aliphatic hydroxyl groups excluding tert-OH is 1. The van der Waals surface area contributed by atoms with Crippen molar-refractivity contribution >= 4 is 11.4 Å². The topological polar surface area (TPSA) is 58.3 Å². The maximum absolute atomic E-state index is 12.4. The van der Waals surface area contributed by atoms with E-state index in [1.54, 1.807) is 0 Å². The molecule has 0 spiro atoms. The van der Waals surface area contributed by atoms with Crippen LogP contribution in [0.1, 0.15) is 31.2 Å². The second-order valence-electron chi connectivity index (χ2n) is 4.36. The summed E-state index contributed by atoms with van der Waals surface area (Å²) in [7, 11) is 0. The first-order valence-corrected chi connectivity index (χ1v) is 6.26. The van der Waals surface area contributed by atoms with Gasteiger partial charge < -0.3 is 16.2 Å². The number of halogens is 3. The molecule has 4 N–H and O–H groups in total. The number of hydrogen-bond acceptors (Lipinski definition) is 3. The Bertz CT molecular complexity index is 394. The molecule has 0 unspecified atom stereocenters. The first-order valence-electron chi connectivity index (χ1n) is 6.26. The molecule has 19 heavy (non-hydrogen) atoms. The third-order valence-corrected chi connectivity index (χ3v) is 2.78. The van der Waals surface area contributed by atoms with Crippen molar-refractivity contribution in [3.8, 4) is 0 Å². The van der Waals surface area contributed by atoms with Crippen LogP contribution >= 0.6 is 0 Å². The van der Waals surface area contributed by atoms with Crippen molar-refractivity contribution in [1.82, 2.24) is 0 Å². The number of nitrogens with two attached hydrogens (primary N) is 1. The molecule has 1 aromatic rings. The zero-order valence-electron chi connectivity index (χ0n) is 10.6. The van der Waals surface area contributed by atoms with E-state index in [1.165, 1.54) is 6.07 Å². The first kappa shape index (κ1) is 15.6. The fourth-order valence-electron chi connectivity index (χ4n) is 1.71. The summed E-state index contributed by atoms with van der Waals surface area (Å²) in [5, 5.41) is 11.6. The minimum absolute atomic E-state index is 0.102. The van der Waals surface area contributed by atoms with Gasteiger partial charge in [0.2, 0.25) is 0 Å². The number of hydrogen-bond donors (Lipinski definition) is 3. The SMILES string of the molecule is Nc1cc(C(F)(F)F)ccc1NCCCCCCO. The van der Waals surface area contributed by atoms with Gasteiger partial charge in [0.15, 0.2) is 0 Å². The molecule has 1 rings (SSSR count). The molecule has 0 bridgehead atoms. The molecular formula is C13H19F3N2O. The lowest BCUT2D eigenvalue weighted by Crippen LogP contribution is -2.08. The van der Waals surface area contributed by atoms with Crippen LogP contribution in [0, 0.1) is 0 Å². The van der Waals surface area contributed by atoms with Crippen molar-refractivity contribution in [2.75, 3.05) is 24.2 Å². The second kappa shape index (κ2) is 7.23. The fraction of sp³-hybridized carbons (Fsp3) is 0.538. The predicted molar refractivity (Wildman–Crippen MR) is 69.9 cm³/mol. The Morgan fingerprint density at radius 2 is 1.79 bits per heavy atom. The summed E-state index contributed by atoms with van der Waals surface area (Å²) in [6.07, 6.45) is -0.783. The molecule has 3 nitrogen and oxygen atoms in total. The van der Waals surface area contributed by atoms with Crippen LogP contribution in [0.3, 0.4) is 0 Å². The van der Waals surface area contributed by atoms with Gasteiger partial charge in [-0.2, -0.15) is 13.2 Å². The van der Waals surface area contributed by atoms with Gasteiger partial charge in [-0.1, -0.05) is 12.8 Å². The van der Waals surface area contributed by atoms with Crippen LogP contribution in [0.2, 0.25) is 0 Å². The minimum Gasteiger partial charge on any atom is -0.397 e. The highest BCUT2D eigenvalue weighted by Crippen LogP contribution is 2.32. The summed E-state index contributed by atoms with van der Waals surface area (Å²) in [4.78, 5) is 0. The van der Waals surface area contributed by atoms with E-state index in [2.05, 4.69) is 5.32 Å². The van der Waals surface area contributed by atoms with Crippen LogP contribution in [-0.4, -0.2) is 18.3 Å². The second-order valence-corrected chi connectivity index (χ2v) is 4.36. The highest BCUT2D eigenvalue weighted by molar-refractivity contribution is 5.67. The first-order chi connectivity index (χ1) is 8.95. The van der Waals surface area contributed by atoms with Gasteiger partial charge in [0.1, 0.15) is 0 Å². The minimum atomic E-state index is -4.36. The van der Waals surface area contributed by atoms with Gasteiger partial charge >= 0.3 is 6.18 Å². The van der Waals surface area contributed by atoms with Gasteiger partial charge in [-0.15, -0.1) is 0 Å². The zero-order valence-corrected chi connectivity index (χ0v) is 10.6. The van der Waals surface area contributed by atoms with Crippen LogP contribution < -0.4 is 11.1 Å². The number of benzene rings is 1. The number of alkyl halides is 3. The maximum atomic E-state index is 12.4. The number of unbranched alkanes of at least 4 members (excludes halogenated alkanes) is 3. The van der Waals surface area contributed by atoms with Gasteiger partial charge in [-0.05, 0) is 31.0 Å².